The van der Waals surface area contributed by atoms with E-state index in [0.717, 1.165) is 17.3 Å². The minimum absolute atomic E-state index is 0.733. The van der Waals surface area contributed by atoms with Crippen molar-refractivity contribution < 1.29 is 0 Å². The number of nitrogens with one attached hydrogen (secondary N) is 2. The molecular formula is C19H32N2S. The molecule has 2 nitrogen and oxygen atoms in total. The van der Waals surface area contributed by atoms with Gasteiger partial charge in [0.05, 0.1) is 0 Å². The second-order valence-electron chi connectivity index (χ2n) is 6.17. The van der Waals surface area contributed by atoms with Crippen LogP contribution in [0.1, 0.15) is 69.4 Å². The Labute approximate surface area is 142 Å². The SMILES string of the molecule is CCCCCCCCCCNC(=S)Nc1cc(C)ccc1C. The van der Waals surface area contributed by atoms with Gasteiger partial charge in [-0.3, -0.25) is 0 Å². The van der Waals surface area contributed by atoms with Crippen LogP contribution in [0.25, 0.3) is 0 Å². The Balaban J connectivity index is 2.07. The van der Waals surface area contributed by atoms with E-state index >= 15 is 0 Å². The lowest BCUT2D eigenvalue weighted by Crippen LogP contribution is -2.29. The molecule has 0 aliphatic heterocycles. The summed E-state index contributed by atoms with van der Waals surface area (Å²) in [5.74, 6) is 0. The topological polar surface area (TPSA) is 24.1 Å². The number of hydrogen-bond acceptors (Lipinski definition) is 1. The molecule has 2 N–H and O–H groups in total. The van der Waals surface area contributed by atoms with E-state index in [2.05, 4.69) is 49.6 Å². The normalized spacial score (nSPS) is 10.5. The molecule has 124 valence electrons. The largest absolute Gasteiger partial charge is 0.362 e. The number of anilines is 1. The number of benzene rings is 1. The Hall–Kier alpha value is -1.09. The van der Waals surface area contributed by atoms with E-state index in [1.165, 1.54) is 62.5 Å². The second kappa shape index (κ2) is 11.5. The Morgan fingerprint density at radius 3 is 2.27 bits per heavy atom. The van der Waals surface area contributed by atoms with Crippen LogP contribution in [0.3, 0.4) is 0 Å². The predicted octanol–water partition coefficient (Wildman–Crippen LogP) is 5.73. The highest BCUT2D eigenvalue weighted by atomic mass is 32.1. The molecule has 0 radical (unpaired) electrons. The van der Waals surface area contributed by atoms with Gasteiger partial charge in [-0.1, -0.05) is 64.0 Å². The lowest BCUT2D eigenvalue weighted by molar-refractivity contribution is 0.573. The summed E-state index contributed by atoms with van der Waals surface area (Å²) in [6.45, 7) is 7.43. The monoisotopic (exact) mass is 320 g/mol. The summed E-state index contributed by atoms with van der Waals surface area (Å²) in [7, 11) is 0. The van der Waals surface area contributed by atoms with Crippen molar-refractivity contribution in [2.75, 3.05) is 11.9 Å². The Morgan fingerprint density at radius 2 is 1.59 bits per heavy atom. The number of hydrogen-bond donors (Lipinski definition) is 2. The first-order valence-electron chi connectivity index (χ1n) is 8.75. The van der Waals surface area contributed by atoms with Gasteiger partial charge in [-0.15, -0.1) is 0 Å². The van der Waals surface area contributed by atoms with Gasteiger partial charge >= 0.3 is 0 Å². The molecule has 1 rings (SSSR count). The Kier molecular flexibility index (Phi) is 9.89. The van der Waals surface area contributed by atoms with Crippen molar-refractivity contribution in [3.8, 4) is 0 Å². The lowest BCUT2D eigenvalue weighted by Gasteiger charge is -2.13. The van der Waals surface area contributed by atoms with Crippen LogP contribution in [-0.4, -0.2) is 11.7 Å². The average Bonchev–Trinajstić information content (AvgIpc) is 2.49. The molecule has 0 aromatic heterocycles. The smallest absolute Gasteiger partial charge is 0.170 e. The third-order valence-corrected chi connectivity index (χ3v) is 4.20. The van der Waals surface area contributed by atoms with Crippen LogP contribution in [0.2, 0.25) is 0 Å². The highest BCUT2D eigenvalue weighted by molar-refractivity contribution is 7.80. The van der Waals surface area contributed by atoms with Gasteiger partial charge in [-0.05, 0) is 49.7 Å². The molecule has 1 aromatic rings. The molecule has 0 amide bonds. The van der Waals surface area contributed by atoms with E-state index in [4.69, 9.17) is 12.2 Å². The Bertz CT molecular complexity index is 443. The van der Waals surface area contributed by atoms with Crippen LogP contribution in [0.5, 0.6) is 0 Å². The first-order chi connectivity index (χ1) is 10.6. The van der Waals surface area contributed by atoms with Gasteiger partial charge in [0, 0.05) is 12.2 Å². The maximum absolute atomic E-state index is 5.37. The van der Waals surface area contributed by atoms with Crippen LogP contribution >= 0.6 is 12.2 Å². The van der Waals surface area contributed by atoms with Crippen molar-refractivity contribution in [1.82, 2.24) is 5.32 Å². The van der Waals surface area contributed by atoms with Gasteiger partial charge in [-0.2, -0.15) is 0 Å². The van der Waals surface area contributed by atoms with E-state index in [1.807, 2.05) is 0 Å². The van der Waals surface area contributed by atoms with Crippen LogP contribution in [0, 0.1) is 13.8 Å². The van der Waals surface area contributed by atoms with Gasteiger partial charge in [-0.25, -0.2) is 0 Å². The molecule has 1 aromatic carbocycles. The molecule has 0 bridgehead atoms. The van der Waals surface area contributed by atoms with Gasteiger partial charge in [0.25, 0.3) is 0 Å². The molecule has 0 unspecified atom stereocenters. The fourth-order valence-corrected chi connectivity index (χ4v) is 2.71. The number of aryl methyl sites for hydroxylation is 2. The first kappa shape index (κ1) is 19.0. The van der Waals surface area contributed by atoms with Crippen molar-refractivity contribution >= 4 is 23.0 Å². The minimum Gasteiger partial charge on any atom is -0.362 e. The quantitative estimate of drug-likeness (QED) is 0.425. The molecule has 0 aliphatic carbocycles. The zero-order valence-electron chi connectivity index (χ0n) is 14.5. The summed E-state index contributed by atoms with van der Waals surface area (Å²) in [5.41, 5.74) is 3.58. The van der Waals surface area contributed by atoms with E-state index in [1.54, 1.807) is 0 Å². The zero-order chi connectivity index (χ0) is 16.2. The van der Waals surface area contributed by atoms with Crippen molar-refractivity contribution in [1.29, 1.82) is 0 Å². The second-order valence-corrected chi connectivity index (χ2v) is 6.58. The molecule has 0 saturated carbocycles. The Morgan fingerprint density at radius 1 is 0.955 bits per heavy atom. The van der Waals surface area contributed by atoms with Gasteiger partial charge in [0.2, 0.25) is 0 Å². The van der Waals surface area contributed by atoms with Gasteiger partial charge in [0.15, 0.2) is 5.11 Å². The summed E-state index contributed by atoms with van der Waals surface area (Å²) in [6, 6.07) is 6.38. The number of rotatable bonds is 10. The summed E-state index contributed by atoms with van der Waals surface area (Å²) >= 11 is 5.37. The maximum atomic E-state index is 5.37. The zero-order valence-corrected chi connectivity index (χ0v) is 15.3. The molecule has 0 atom stereocenters. The van der Waals surface area contributed by atoms with Gasteiger partial charge in [0.1, 0.15) is 0 Å². The highest BCUT2D eigenvalue weighted by Gasteiger charge is 2.01. The average molecular weight is 321 g/mol. The van der Waals surface area contributed by atoms with Crippen LogP contribution in [0.15, 0.2) is 18.2 Å². The molecule has 3 heteroatoms. The highest BCUT2D eigenvalue weighted by Crippen LogP contribution is 2.16. The van der Waals surface area contributed by atoms with Crippen LogP contribution in [0.4, 0.5) is 5.69 Å². The molecule has 0 fully saturated rings. The molecule has 0 spiro atoms. The maximum Gasteiger partial charge on any atom is 0.170 e. The standard InChI is InChI=1S/C19H32N2S/c1-4-5-6-7-8-9-10-11-14-20-19(22)21-18-15-16(2)12-13-17(18)3/h12-13,15H,4-11,14H2,1-3H3,(H2,20,21,22). The van der Waals surface area contributed by atoms with Crippen molar-refractivity contribution in [3.05, 3.63) is 29.3 Å². The number of unbranched alkanes of at least 4 members (excludes halogenated alkanes) is 7. The van der Waals surface area contributed by atoms with Crippen molar-refractivity contribution in [3.63, 3.8) is 0 Å². The minimum atomic E-state index is 0.733. The van der Waals surface area contributed by atoms with Gasteiger partial charge < -0.3 is 10.6 Å². The van der Waals surface area contributed by atoms with E-state index in [9.17, 15) is 0 Å². The predicted molar refractivity (Wildman–Crippen MR) is 103 cm³/mol. The van der Waals surface area contributed by atoms with E-state index in [-0.39, 0.29) is 0 Å². The molecule has 0 saturated heterocycles. The fourth-order valence-electron chi connectivity index (χ4n) is 2.50. The summed E-state index contributed by atoms with van der Waals surface area (Å²) in [5, 5.41) is 7.34. The number of thiocarbonyl (C=S) groups is 1. The molecular weight excluding hydrogens is 288 g/mol. The third kappa shape index (κ3) is 8.38. The summed E-state index contributed by atoms with van der Waals surface area (Å²) in [6.07, 6.45) is 10.7. The van der Waals surface area contributed by atoms with E-state index in [0.29, 0.717) is 0 Å². The summed E-state index contributed by atoms with van der Waals surface area (Å²) in [4.78, 5) is 0. The van der Waals surface area contributed by atoms with Crippen LogP contribution < -0.4 is 10.6 Å². The van der Waals surface area contributed by atoms with Crippen molar-refractivity contribution in [2.45, 2.75) is 72.1 Å². The molecule has 0 heterocycles. The molecule has 22 heavy (non-hydrogen) atoms. The van der Waals surface area contributed by atoms with Crippen LogP contribution in [-0.2, 0) is 0 Å². The fraction of sp³-hybridized carbons (Fsp3) is 0.632. The van der Waals surface area contributed by atoms with E-state index < -0.39 is 0 Å². The lowest BCUT2D eigenvalue weighted by atomic mass is 10.1. The van der Waals surface area contributed by atoms with Crippen molar-refractivity contribution in [2.24, 2.45) is 0 Å². The summed E-state index contributed by atoms with van der Waals surface area (Å²) < 4.78 is 0. The third-order valence-electron chi connectivity index (χ3n) is 3.96. The molecule has 0 aliphatic rings. The first-order valence-corrected chi connectivity index (χ1v) is 9.16.